The molecule has 0 unspecified atom stereocenters. The predicted octanol–water partition coefficient (Wildman–Crippen LogP) is 0.678. The van der Waals surface area contributed by atoms with Crippen LogP contribution in [0.5, 0.6) is 0 Å². The van der Waals surface area contributed by atoms with Gasteiger partial charge in [0.1, 0.15) is 24.7 Å². The Morgan fingerprint density at radius 1 is 1.08 bits per heavy atom. The molecule has 1 fully saturated rings. The van der Waals surface area contributed by atoms with Gasteiger partial charge < -0.3 is 37.0 Å². The summed E-state index contributed by atoms with van der Waals surface area (Å²) in [4.78, 5) is 65.0. The molecule has 7 N–H and O–H groups in total. The molecular weight excluding hydrogens is 504 g/mol. The number of aliphatic carboxylic acids is 1. The summed E-state index contributed by atoms with van der Waals surface area (Å²) < 4.78 is 0. The molecule has 0 aromatic heterocycles. The van der Waals surface area contributed by atoms with Gasteiger partial charge in [-0.05, 0) is 63.1 Å². The topological polar surface area (TPSA) is 183 Å². The minimum Gasteiger partial charge on any atom is -0.480 e. The highest BCUT2D eigenvalue weighted by Crippen LogP contribution is 2.21. The standard InChI is InChI=1S/C27H42N6O6/c1-17(2)15-21(25(37)30-16-23(34)35)32-26(38)22-12-8-14-33(22)27(39)20(11-6-7-13-28)31-24(36)18-9-4-5-10-19(18)29-3/h4-5,9-10,17,20-22,29H,6-8,11-16,28H2,1-3H3,(H,30,37)(H,31,36)(H,32,38)(H,34,35)/t20-,21-,22-/m0/s1. The molecule has 0 spiro atoms. The fraction of sp³-hybridized carbons (Fsp3) is 0.593. The third-order valence-corrected chi connectivity index (χ3v) is 6.58. The van der Waals surface area contributed by atoms with Crippen molar-refractivity contribution in [3.63, 3.8) is 0 Å². The van der Waals surface area contributed by atoms with Gasteiger partial charge in [0.2, 0.25) is 17.7 Å². The summed E-state index contributed by atoms with van der Waals surface area (Å²) in [6.45, 7) is 4.00. The van der Waals surface area contributed by atoms with Gasteiger partial charge in [-0.2, -0.15) is 0 Å². The fourth-order valence-corrected chi connectivity index (χ4v) is 4.65. The number of likely N-dealkylation sites (tertiary alicyclic amines) is 1. The van der Waals surface area contributed by atoms with Gasteiger partial charge in [-0.15, -0.1) is 0 Å². The number of carboxylic acid groups (broad SMARTS) is 1. The number of hydrogen-bond donors (Lipinski definition) is 6. The van der Waals surface area contributed by atoms with E-state index in [0.29, 0.717) is 62.9 Å². The number of carbonyl (C=O) groups is 5. The summed E-state index contributed by atoms with van der Waals surface area (Å²) in [5.41, 5.74) is 6.66. The van der Waals surface area contributed by atoms with Gasteiger partial charge in [-0.1, -0.05) is 26.0 Å². The molecule has 1 aliphatic rings. The Balaban J connectivity index is 2.19. The van der Waals surface area contributed by atoms with Crippen LogP contribution in [-0.2, 0) is 19.2 Å². The Morgan fingerprint density at radius 3 is 2.44 bits per heavy atom. The normalized spacial score (nSPS) is 16.3. The zero-order valence-corrected chi connectivity index (χ0v) is 23.0. The number of benzene rings is 1. The molecule has 3 atom stereocenters. The molecular formula is C27H42N6O6. The number of nitrogens with zero attached hydrogens (tertiary/aromatic N) is 1. The molecule has 1 heterocycles. The Bertz CT molecular complexity index is 1020. The van der Waals surface area contributed by atoms with Gasteiger partial charge in [-0.3, -0.25) is 24.0 Å². The maximum Gasteiger partial charge on any atom is 0.322 e. The number of carbonyl (C=O) groups excluding carboxylic acids is 4. The summed E-state index contributed by atoms with van der Waals surface area (Å²) in [6.07, 6.45) is 2.97. The maximum atomic E-state index is 13.7. The molecule has 216 valence electrons. The second-order valence-corrected chi connectivity index (χ2v) is 10.1. The fourth-order valence-electron chi connectivity index (χ4n) is 4.65. The molecule has 1 saturated heterocycles. The molecule has 0 radical (unpaired) electrons. The Hall–Kier alpha value is -3.67. The van der Waals surface area contributed by atoms with Gasteiger partial charge in [0.25, 0.3) is 5.91 Å². The van der Waals surface area contributed by atoms with Gasteiger partial charge in [0.05, 0.1) is 5.56 Å². The van der Waals surface area contributed by atoms with Crippen molar-refractivity contribution in [2.75, 3.05) is 32.0 Å². The first-order valence-electron chi connectivity index (χ1n) is 13.5. The Morgan fingerprint density at radius 2 is 1.79 bits per heavy atom. The van der Waals surface area contributed by atoms with Gasteiger partial charge in [0.15, 0.2) is 0 Å². The largest absolute Gasteiger partial charge is 0.480 e. The van der Waals surface area contributed by atoms with E-state index in [4.69, 9.17) is 10.8 Å². The molecule has 1 aromatic carbocycles. The number of nitrogens with one attached hydrogen (secondary N) is 4. The molecule has 2 rings (SSSR count). The van der Waals surface area contributed by atoms with E-state index in [1.165, 1.54) is 4.90 Å². The summed E-state index contributed by atoms with van der Waals surface area (Å²) >= 11 is 0. The Labute approximate surface area is 229 Å². The van der Waals surface area contributed by atoms with Crippen molar-refractivity contribution in [1.82, 2.24) is 20.9 Å². The summed E-state index contributed by atoms with van der Waals surface area (Å²) in [5.74, 6) is -2.98. The second kappa shape index (κ2) is 15.7. The van der Waals surface area contributed by atoms with Crippen LogP contribution in [-0.4, -0.2) is 84.4 Å². The highest BCUT2D eigenvalue weighted by atomic mass is 16.4. The van der Waals surface area contributed by atoms with E-state index >= 15 is 0 Å². The molecule has 12 heteroatoms. The van der Waals surface area contributed by atoms with Crippen LogP contribution in [0.4, 0.5) is 5.69 Å². The van der Waals surface area contributed by atoms with Crippen molar-refractivity contribution < 1.29 is 29.1 Å². The first kappa shape index (κ1) is 31.5. The van der Waals surface area contributed by atoms with Crippen LogP contribution in [0.15, 0.2) is 24.3 Å². The SMILES string of the molecule is CNc1ccccc1C(=O)N[C@@H](CCCCN)C(=O)N1CCC[C@H]1C(=O)N[C@@H](CC(C)C)C(=O)NCC(=O)O. The van der Waals surface area contributed by atoms with Crippen molar-refractivity contribution in [1.29, 1.82) is 0 Å². The van der Waals surface area contributed by atoms with Crippen molar-refractivity contribution >= 4 is 35.3 Å². The van der Waals surface area contributed by atoms with Gasteiger partial charge in [0, 0.05) is 19.3 Å². The number of anilines is 1. The molecule has 0 aliphatic carbocycles. The summed E-state index contributed by atoms with van der Waals surface area (Å²) in [5, 5.41) is 19.7. The van der Waals surface area contributed by atoms with Crippen LogP contribution >= 0.6 is 0 Å². The lowest BCUT2D eigenvalue weighted by Crippen LogP contribution is -2.56. The first-order valence-corrected chi connectivity index (χ1v) is 13.5. The number of unbranched alkanes of at least 4 members (excludes halogenated alkanes) is 1. The van der Waals surface area contributed by atoms with Gasteiger partial charge >= 0.3 is 5.97 Å². The van der Waals surface area contributed by atoms with Crippen LogP contribution in [0, 0.1) is 5.92 Å². The molecule has 0 bridgehead atoms. The third kappa shape index (κ3) is 9.54. The Kier molecular flexibility index (Phi) is 12.7. The van der Waals surface area contributed by atoms with E-state index in [9.17, 15) is 24.0 Å². The van der Waals surface area contributed by atoms with Crippen molar-refractivity contribution in [2.24, 2.45) is 11.7 Å². The highest BCUT2D eigenvalue weighted by Gasteiger charge is 2.39. The van der Waals surface area contributed by atoms with Crippen molar-refractivity contribution in [2.45, 2.75) is 70.5 Å². The molecule has 12 nitrogen and oxygen atoms in total. The number of para-hydroxylation sites is 1. The zero-order chi connectivity index (χ0) is 28.9. The number of nitrogens with two attached hydrogens (primary N) is 1. The van der Waals surface area contributed by atoms with Crippen LogP contribution < -0.4 is 27.0 Å². The van der Waals surface area contributed by atoms with E-state index in [2.05, 4.69) is 21.3 Å². The van der Waals surface area contributed by atoms with E-state index in [1.54, 1.807) is 31.3 Å². The minimum atomic E-state index is -1.19. The number of hydrogen-bond acceptors (Lipinski definition) is 7. The highest BCUT2D eigenvalue weighted by molar-refractivity contribution is 6.02. The zero-order valence-electron chi connectivity index (χ0n) is 23.0. The molecule has 0 saturated carbocycles. The van der Waals surface area contributed by atoms with E-state index in [-0.39, 0.29) is 11.8 Å². The predicted molar refractivity (Wildman–Crippen MR) is 147 cm³/mol. The molecule has 39 heavy (non-hydrogen) atoms. The lowest BCUT2D eigenvalue weighted by Gasteiger charge is -2.30. The van der Waals surface area contributed by atoms with E-state index in [0.717, 1.165) is 0 Å². The number of carboxylic acids is 1. The lowest BCUT2D eigenvalue weighted by atomic mass is 10.0. The van der Waals surface area contributed by atoms with E-state index < -0.39 is 48.4 Å². The molecule has 1 aliphatic heterocycles. The maximum absolute atomic E-state index is 13.7. The summed E-state index contributed by atoms with van der Waals surface area (Å²) in [6, 6.07) is 4.37. The first-order chi connectivity index (χ1) is 18.6. The second-order valence-electron chi connectivity index (χ2n) is 10.1. The minimum absolute atomic E-state index is 0.0508. The average Bonchev–Trinajstić information content (AvgIpc) is 3.40. The van der Waals surface area contributed by atoms with E-state index in [1.807, 2.05) is 13.8 Å². The third-order valence-electron chi connectivity index (χ3n) is 6.58. The molecule has 4 amide bonds. The van der Waals surface area contributed by atoms with Crippen molar-refractivity contribution in [3.8, 4) is 0 Å². The van der Waals surface area contributed by atoms with Crippen LogP contribution in [0.3, 0.4) is 0 Å². The number of amides is 4. The van der Waals surface area contributed by atoms with Crippen LogP contribution in [0.2, 0.25) is 0 Å². The number of rotatable bonds is 15. The molecule has 1 aromatic rings. The summed E-state index contributed by atoms with van der Waals surface area (Å²) in [7, 11) is 1.71. The lowest BCUT2D eigenvalue weighted by molar-refractivity contribution is -0.141. The van der Waals surface area contributed by atoms with Crippen LogP contribution in [0.1, 0.15) is 62.7 Å². The van der Waals surface area contributed by atoms with Gasteiger partial charge in [-0.25, -0.2) is 0 Å². The smallest absolute Gasteiger partial charge is 0.322 e. The quantitative estimate of drug-likeness (QED) is 0.174. The average molecular weight is 547 g/mol. The monoisotopic (exact) mass is 546 g/mol. The van der Waals surface area contributed by atoms with Crippen LogP contribution in [0.25, 0.3) is 0 Å². The van der Waals surface area contributed by atoms with Crippen molar-refractivity contribution in [3.05, 3.63) is 29.8 Å².